The maximum atomic E-state index is 12.3. The number of carbonyl (C=O) groups is 1. The Morgan fingerprint density at radius 2 is 2.09 bits per heavy atom. The van der Waals surface area contributed by atoms with Gasteiger partial charge in [0.25, 0.3) is 5.91 Å². The second-order valence-electron chi connectivity index (χ2n) is 5.10. The molecule has 0 aliphatic rings. The molecule has 2 rings (SSSR count). The fraction of sp³-hybridized carbons (Fsp3) is 0.294. The minimum Gasteiger partial charge on any atom is -0.479 e. The van der Waals surface area contributed by atoms with Crippen LogP contribution in [-0.4, -0.2) is 17.0 Å². The summed E-state index contributed by atoms with van der Waals surface area (Å²) < 4.78 is 5.77. The zero-order valence-electron chi connectivity index (χ0n) is 12.9. The number of nitrogens with zero attached hydrogens (tertiary/aromatic N) is 1. The lowest BCUT2D eigenvalue weighted by Crippen LogP contribution is -2.32. The van der Waals surface area contributed by atoms with Crippen molar-refractivity contribution in [3.8, 4) is 5.75 Å². The Bertz CT molecular complexity index is 673. The van der Waals surface area contributed by atoms with Crippen LogP contribution in [0.25, 0.3) is 0 Å². The number of hydrogen-bond acceptors (Lipinski definition) is 3. The highest BCUT2D eigenvalue weighted by molar-refractivity contribution is 6.32. The summed E-state index contributed by atoms with van der Waals surface area (Å²) in [6, 6.07) is 10.9. The smallest absolute Gasteiger partial charge is 0.266 e. The third kappa shape index (κ3) is 4.21. The Hall–Kier alpha value is -2.07. The molecule has 4 nitrogen and oxygen atoms in total. The largest absolute Gasteiger partial charge is 0.479 e. The summed E-state index contributed by atoms with van der Waals surface area (Å²) >= 11 is 6.11. The number of amides is 1. The van der Waals surface area contributed by atoms with E-state index in [0.717, 1.165) is 11.3 Å². The lowest BCUT2D eigenvalue weighted by molar-refractivity contribution is -0.122. The van der Waals surface area contributed by atoms with E-state index in [1.165, 1.54) is 0 Å². The summed E-state index contributed by atoms with van der Waals surface area (Å²) in [5.41, 5.74) is 1.86. The summed E-state index contributed by atoms with van der Waals surface area (Å²) in [6.45, 7) is 5.70. The van der Waals surface area contributed by atoms with E-state index < -0.39 is 6.10 Å². The van der Waals surface area contributed by atoms with Gasteiger partial charge >= 0.3 is 0 Å². The normalized spacial score (nSPS) is 11.8. The van der Waals surface area contributed by atoms with Gasteiger partial charge in [0.2, 0.25) is 0 Å². The number of aryl methyl sites for hydroxylation is 2. The van der Waals surface area contributed by atoms with Crippen LogP contribution in [-0.2, 0) is 4.79 Å². The van der Waals surface area contributed by atoms with Crippen LogP contribution in [0.3, 0.4) is 0 Å². The van der Waals surface area contributed by atoms with Crippen molar-refractivity contribution in [2.45, 2.75) is 33.3 Å². The van der Waals surface area contributed by atoms with Gasteiger partial charge in [-0.05, 0) is 50.1 Å². The molecule has 1 aromatic heterocycles. The zero-order chi connectivity index (χ0) is 16.1. The van der Waals surface area contributed by atoms with E-state index in [1.54, 1.807) is 12.1 Å². The average molecular weight is 319 g/mol. The number of ether oxygens (including phenoxy) is 1. The van der Waals surface area contributed by atoms with Crippen LogP contribution in [0.5, 0.6) is 5.75 Å². The van der Waals surface area contributed by atoms with Crippen LogP contribution < -0.4 is 10.1 Å². The van der Waals surface area contributed by atoms with Gasteiger partial charge in [0.15, 0.2) is 6.10 Å². The zero-order valence-corrected chi connectivity index (χ0v) is 13.6. The summed E-state index contributed by atoms with van der Waals surface area (Å²) in [5.74, 6) is 0.793. The molecule has 0 aliphatic heterocycles. The van der Waals surface area contributed by atoms with E-state index >= 15 is 0 Å². The quantitative estimate of drug-likeness (QED) is 0.901. The molecule has 0 spiro atoms. The van der Waals surface area contributed by atoms with E-state index in [4.69, 9.17) is 16.3 Å². The number of aromatic nitrogens is 1. The maximum absolute atomic E-state index is 12.3. The van der Waals surface area contributed by atoms with Crippen molar-refractivity contribution in [3.05, 3.63) is 52.7 Å². The summed E-state index contributed by atoms with van der Waals surface area (Å²) in [7, 11) is 0. The van der Waals surface area contributed by atoms with Crippen LogP contribution in [0.4, 0.5) is 5.82 Å². The van der Waals surface area contributed by atoms with Crippen molar-refractivity contribution in [1.29, 1.82) is 0 Å². The predicted octanol–water partition coefficient (Wildman–Crippen LogP) is 4.15. The number of hydrogen-bond donors (Lipinski definition) is 1. The average Bonchev–Trinajstić information content (AvgIpc) is 2.48. The van der Waals surface area contributed by atoms with Crippen LogP contribution >= 0.6 is 11.6 Å². The van der Waals surface area contributed by atoms with Gasteiger partial charge in [-0.15, -0.1) is 0 Å². The molecule has 5 heteroatoms. The molecule has 22 heavy (non-hydrogen) atoms. The first kappa shape index (κ1) is 16.3. The highest BCUT2D eigenvalue weighted by Gasteiger charge is 2.20. The third-order valence-electron chi connectivity index (χ3n) is 3.16. The highest BCUT2D eigenvalue weighted by Crippen LogP contribution is 2.27. The van der Waals surface area contributed by atoms with Crippen LogP contribution in [0.1, 0.15) is 24.6 Å². The molecule has 0 saturated heterocycles. The lowest BCUT2D eigenvalue weighted by atomic mass is 10.2. The molecule has 1 aromatic carbocycles. The molecule has 0 unspecified atom stereocenters. The Morgan fingerprint density at radius 1 is 1.32 bits per heavy atom. The van der Waals surface area contributed by atoms with Crippen LogP contribution in [0.15, 0.2) is 36.4 Å². The number of carbonyl (C=O) groups excluding carboxylic acids is 1. The fourth-order valence-electron chi connectivity index (χ4n) is 2.00. The van der Waals surface area contributed by atoms with E-state index in [2.05, 4.69) is 10.3 Å². The van der Waals surface area contributed by atoms with Gasteiger partial charge in [-0.25, -0.2) is 4.98 Å². The van der Waals surface area contributed by atoms with Crippen molar-refractivity contribution in [1.82, 2.24) is 4.98 Å². The molecule has 0 fully saturated rings. The standard InChI is InChI=1S/C17H19ClN2O2/c1-4-14(22-15-10-11(2)8-9-13(15)18)17(21)20-16-7-5-6-12(3)19-16/h5-10,14H,4H2,1-3H3,(H,19,20,21)/t14-/m1/s1. The van der Waals surface area contributed by atoms with Crippen molar-refractivity contribution in [3.63, 3.8) is 0 Å². The van der Waals surface area contributed by atoms with Gasteiger partial charge < -0.3 is 10.1 Å². The first-order valence-corrected chi connectivity index (χ1v) is 7.54. The third-order valence-corrected chi connectivity index (χ3v) is 3.47. The van der Waals surface area contributed by atoms with Gasteiger partial charge in [-0.3, -0.25) is 4.79 Å². The molecule has 1 N–H and O–H groups in total. The number of rotatable bonds is 5. The van der Waals surface area contributed by atoms with Crippen molar-refractivity contribution >= 4 is 23.3 Å². The monoisotopic (exact) mass is 318 g/mol. The Balaban J connectivity index is 2.10. The molecule has 116 valence electrons. The van der Waals surface area contributed by atoms with Gasteiger partial charge in [-0.1, -0.05) is 30.7 Å². The van der Waals surface area contributed by atoms with Crippen molar-refractivity contribution in [2.75, 3.05) is 5.32 Å². The molecule has 1 heterocycles. The summed E-state index contributed by atoms with van der Waals surface area (Å²) in [4.78, 5) is 16.6. The number of halogens is 1. The molecular weight excluding hydrogens is 300 g/mol. The maximum Gasteiger partial charge on any atom is 0.266 e. The Labute approximate surface area is 135 Å². The number of benzene rings is 1. The topological polar surface area (TPSA) is 51.2 Å². The van der Waals surface area contributed by atoms with E-state index in [1.807, 2.05) is 45.0 Å². The van der Waals surface area contributed by atoms with Crippen molar-refractivity contribution in [2.24, 2.45) is 0 Å². The number of nitrogens with one attached hydrogen (secondary N) is 1. The summed E-state index contributed by atoms with van der Waals surface area (Å²) in [6.07, 6.45) is -0.0938. The molecule has 0 aliphatic carbocycles. The number of pyridine rings is 1. The Morgan fingerprint density at radius 3 is 2.77 bits per heavy atom. The fourth-order valence-corrected chi connectivity index (χ4v) is 2.16. The lowest BCUT2D eigenvalue weighted by Gasteiger charge is -2.18. The first-order valence-electron chi connectivity index (χ1n) is 7.17. The summed E-state index contributed by atoms with van der Waals surface area (Å²) in [5, 5.41) is 3.26. The van der Waals surface area contributed by atoms with Crippen LogP contribution in [0.2, 0.25) is 5.02 Å². The molecule has 0 bridgehead atoms. The number of anilines is 1. The highest BCUT2D eigenvalue weighted by atomic mass is 35.5. The minimum atomic E-state index is -0.624. The minimum absolute atomic E-state index is 0.238. The Kier molecular flexibility index (Phi) is 5.39. The molecule has 0 saturated carbocycles. The predicted molar refractivity (Wildman–Crippen MR) is 88.5 cm³/mol. The SMILES string of the molecule is CC[C@@H](Oc1cc(C)ccc1Cl)C(=O)Nc1cccc(C)n1. The van der Waals surface area contributed by atoms with E-state index in [-0.39, 0.29) is 5.91 Å². The van der Waals surface area contributed by atoms with Gasteiger partial charge in [0, 0.05) is 5.69 Å². The van der Waals surface area contributed by atoms with Gasteiger partial charge in [0.1, 0.15) is 11.6 Å². The second kappa shape index (κ2) is 7.27. The molecule has 0 radical (unpaired) electrons. The molecule has 1 amide bonds. The molecule has 1 atom stereocenters. The second-order valence-corrected chi connectivity index (χ2v) is 5.51. The van der Waals surface area contributed by atoms with Gasteiger partial charge in [-0.2, -0.15) is 0 Å². The molecule has 2 aromatic rings. The van der Waals surface area contributed by atoms with E-state index in [9.17, 15) is 4.79 Å². The van der Waals surface area contributed by atoms with Crippen LogP contribution in [0, 0.1) is 13.8 Å². The van der Waals surface area contributed by atoms with Gasteiger partial charge in [0.05, 0.1) is 5.02 Å². The first-order chi connectivity index (χ1) is 10.5. The van der Waals surface area contributed by atoms with E-state index in [0.29, 0.717) is 23.0 Å². The molecular formula is C17H19ClN2O2. The van der Waals surface area contributed by atoms with Crippen molar-refractivity contribution < 1.29 is 9.53 Å².